The number of ether oxygens (including phenoxy) is 1. The van der Waals surface area contributed by atoms with Gasteiger partial charge in [-0.3, -0.25) is 9.58 Å². The highest BCUT2D eigenvalue weighted by atomic mass is 19.1. The summed E-state index contributed by atoms with van der Waals surface area (Å²) in [7, 11) is 1.77. The number of nitrogens with zero attached hydrogens (tertiary/aromatic N) is 3. The number of hydrogen-bond acceptors (Lipinski definition) is 4. The molecular weight excluding hydrogens is 292 g/mol. The molecule has 7 heteroatoms. The number of halogens is 2. The molecule has 118 valence electrons. The lowest BCUT2D eigenvalue weighted by Gasteiger charge is -2.16. The SMILES string of the molecule is Cn1cc(O[C@@H]2CN(Cc3c(F)cccc3F)C[C@H]2O)cn1. The first-order valence-corrected chi connectivity index (χ1v) is 7.01. The summed E-state index contributed by atoms with van der Waals surface area (Å²) >= 11 is 0. The Hall–Kier alpha value is -1.99. The maximum absolute atomic E-state index is 13.7. The maximum Gasteiger partial charge on any atom is 0.157 e. The number of aliphatic hydroxyl groups excluding tert-OH is 1. The standard InChI is InChI=1S/C15H17F2N3O2/c1-19-6-10(5-18-19)22-15-9-20(8-14(15)21)7-11-12(16)3-2-4-13(11)17/h2-6,14-15,21H,7-9H2,1H3/t14-,15-/m1/s1. The zero-order valence-electron chi connectivity index (χ0n) is 12.1. The van der Waals surface area contributed by atoms with Crippen LogP contribution in [0.4, 0.5) is 8.78 Å². The fourth-order valence-corrected chi connectivity index (χ4v) is 2.62. The number of rotatable bonds is 4. The average molecular weight is 309 g/mol. The summed E-state index contributed by atoms with van der Waals surface area (Å²) in [5.74, 6) is -0.595. The molecule has 0 amide bonds. The Balaban J connectivity index is 1.65. The van der Waals surface area contributed by atoms with Crippen LogP contribution in [-0.4, -0.2) is 45.1 Å². The number of benzene rings is 1. The lowest BCUT2D eigenvalue weighted by atomic mass is 10.2. The summed E-state index contributed by atoms with van der Waals surface area (Å²) in [6.45, 7) is 0.797. The molecule has 2 atom stereocenters. The minimum atomic E-state index is -0.713. The normalized spacial score (nSPS) is 22.2. The van der Waals surface area contributed by atoms with Crippen LogP contribution in [0.5, 0.6) is 5.75 Å². The van der Waals surface area contributed by atoms with Gasteiger partial charge in [-0.05, 0) is 12.1 Å². The van der Waals surface area contributed by atoms with Gasteiger partial charge < -0.3 is 9.84 Å². The van der Waals surface area contributed by atoms with Gasteiger partial charge in [0.15, 0.2) is 5.75 Å². The average Bonchev–Trinajstić information content (AvgIpc) is 3.01. The molecule has 1 aliphatic heterocycles. The molecule has 1 saturated heterocycles. The molecule has 2 aromatic rings. The van der Waals surface area contributed by atoms with E-state index in [1.165, 1.54) is 18.2 Å². The summed E-state index contributed by atoms with van der Waals surface area (Å²) in [4.78, 5) is 1.77. The Morgan fingerprint density at radius 2 is 2.05 bits per heavy atom. The van der Waals surface area contributed by atoms with Crippen LogP contribution in [-0.2, 0) is 13.6 Å². The van der Waals surface area contributed by atoms with Gasteiger partial charge >= 0.3 is 0 Å². The highest BCUT2D eigenvalue weighted by molar-refractivity contribution is 5.20. The monoisotopic (exact) mass is 309 g/mol. The zero-order chi connectivity index (χ0) is 15.7. The van der Waals surface area contributed by atoms with Crippen LogP contribution >= 0.6 is 0 Å². The highest BCUT2D eigenvalue weighted by Gasteiger charge is 2.34. The summed E-state index contributed by atoms with van der Waals surface area (Å²) in [6.07, 6.45) is 2.10. The summed E-state index contributed by atoms with van der Waals surface area (Å²) < 4.78 is 34.6. The van der Waals surface area contributed by atoms with E-state index in [2.05, 4.69) is 5.10 Å². The quantitative estimate of drug-likeness (QED) is 0.925. The predicted molar refractivity (Wildman–Crippen MR) is 75.3 cm³/mol. The number of likely N-dealkylation sites (tertiary alicyclic amines) is 1. The highest BCUT2D eigenvalue weighted by Crippen LogP contribution is 2.22. The van der Waals surface area contributed by atoms with Gasteiger partial charge in [-0.15, -0.1) is 0 Å². The first-order chi connectivity index (χ1) is 10.5. The molecule has 2 heterocycles. The molecule has 0 unspecified atom stereocenters. The Labute approximate surface area is 126 Å². The molecule has 0 spiro atoms. The van der Waals surface area contributed by atoms with E-state index in [0.29, 0.717) is 18.8 Å². The molecule has 1 fully saturated rings. The van der Waals surface area contributed by atoms with E-state index in [4.69, 9.17) is 4.74 Å². The van der Waals surface area contributed by atoms with Crippen LogP contribution in [0.2, 0.25) is 0 Å². The fraction of sp³-hybridized carbons (Fsp3) is 0.400. The third-order valence-electron chi connectivity index (χ3n) is 3.72. The fourth-order valence-electron chi connectivity index (χ4n) is 2.62. The van der Waals surface area contributed by atoms with Crippen LogP contribution in [0.3, 0.4) is 0 Å². The van der Waals surface area contributed by atoms with E-state index in [9.17, 15) is 13.9 Å². The van der Waals surface area contributed by atoms with Crippen LogP contribution in [0.25, 0.3) is 0 Å². The molecule has 0 aliphatic carbocycles. The van der Waals surface area contributed by atoms with Crippen LogP contribution in [0.15, 0.2) is 30.6 Å². The Morgan fingerprint density at radius 1 is 1.32 bits per heavy atom. The van der Waals surface area contributed by atoms with E-state index < -0.39 is 23.8 Å². The lowest BCUT2D eigenvalue weighted by Crippen LogP contribution is -2.29. The number of hydrogen-bond donors (Lipinski definition) is 1. The van der Waals surface area contributed by atoms with Crippen molar-refractivity contribution in [3.8, 4) is 5.75 Å². The smallest absolute Gasteiger partial charge is 0.157 e. The van der Waals surface area contributed by atoms with Crippen molar-refractivity contribution in [3.63, 3.8) is 0 Å². The molecule has 0 bridgehead atoms. The van der Waals surface area contributed by atoms with Gasteiger partial charge in [-0.2, -0.15) is 5.10 Å². The molecular formula is C15H17F2N3O2. The summed E-state index contributed by atoms with van der Waals surface area (Å²) in [6, 6.07) is 3.80. The van der Waals surface area contributed by atoms with Crippen molar-refractivity contribution >= 4 is 0 Å². The molecule has 0 saturated carbocycles. The van der Waals surface area contributed by atoms with Crippen molar-refractivity contribution in [2.75, 3.05) is 13.1 Å². The minimum absolute atomic E-state index is 0.0109. The first kappa shape index (κ1) is 14.9. The molecule has 1 N–H and O–H groups in total. The van der Waals surface area contributed by atoms with Crippen LogP contribution < -0.4 is 4.74 Å². The van der Waals surface area contributed by atoms with Crippen molar-refractivity contribution in [3.05, 3.63) is 47.8 Å². The molecule has 1 aromatic heterocycles. The van der Waals surface area contributed by atoms with E-state index >= 15 is 0 Å². The van der Waals surface area contributed by atoms with E-state index in [1.54, 1.807) is 29.0 Å². The number of aliphatic hydroxyl groups is 1. The van der Waals surface area contributed by atoms with E-state index in [0.717, 1.165) is 0 Å². The Bertz CT molecular complexity index is 642. The van der Waals surface area contributed by atoms with Crippen molar-refractivity contribution in [2.45, 2.75) is 18.8 Å². The topological polar surface area (TPSA) is 50.5 Å². The lowest BCUT2D eigenvalue weighted by molar-refractivity contribution is 0.0736. The van der Waals surface area contributed by atoms with Gasteiger partial charge in [0.1, 0.15) is 23.8 Å². The maximum atomic E-state index is 13.7. The Kier molecular flexibility index (Phi) is 4.08. The minimum Gasteiger partial charge on any atom is -0.483 e. The van der Waals surface area contributed by atoms with Crippen molar-refractivity contribution in [2.24, 2.45) is 7.05 Å². The molecule has 22 heavy (non-hydrogen) atoms. The van der Waals surface area contributed by atoms with Gasteiger partial charge in [0.2, 0.25) is 0 Å². The van der Waals surface area contributed by atoms with Crippen molar-refractivity contribution < 1.29 is 18.6 Å². The van der Waals surface area contributed by atoms with E-state index in [-0.39, 0.29) is 12.1 Å². The van der Waals surface area contributed by atoms with E-state index in [1.807, 2.05) is 0 Å². The van der Waals surface area contributed by atoms with Crippen molar-refractivity contribution in [1.29, 1.82) is 0 Å². The summed E-state index contributed by atoms with van der Waals surface area (Å²) in [5.41, 5.74) is 0.0109. The van der Waals surface area contributed by atoms with Gasteiger partial charge in [0.25, 0.3) is 0 Å². The molecule has 1 aliphatic rings. The molecule has 5 nitrogen and oxygen atoms in total. The predicted octanol–water partition coefficient (Wildman–Crippen LogP) is 1.32. The number of aromatic nitrogens is 2. The van der Waals surface area contributed by atoms with Gasteiger partial charge in [-0.25, -0.2) is 8.78 Å². The van der Waals surface area contributed by atoms with Crippen LogP contribution in [0.1, 0.15) is 5.56 Å². The third-order valence-corrected chi connectivity index (χ3v) is 3.72. The van der Waals surface area contributed by atoms with Gasteiger partial charge in [0.05, 0.1) is 12.4 Å². The van der Waals surface area contributed by atoms with Crippen molar-refractivity contribution in [1.82, 2.24) is 14.7 Å². The molecule has 1 aromatic carbocycles. The zero-order valence-corrected chi connectivity index (χ0v) is 12.1. The Morgan fingerprint density at radius 3 is 2.68 bits per heavy atom. The third kappa shape index (κ3) is 3.10. The summed E-state index contributed by atoms with van der Waals surface area (Å²) in [5, 5.41) is 14.1. The van der Waals surface area contributed by atoms with Crippen LogP contribution in [0, 0.1) is 11.6 Å². The first-order valence-electron chi connectivity index (χ1n) is 7.01. The molecule has 0 radical (unpaired) electrons. The van der Waals surface area contributed by atoms with Gasteiger partial charge in [0, 0.05) is 32.2 Å². The van der Waals surface area contributed by atoms with Gasteiger partial charge in [-0.1, -0.05) is 6.07 Å². The second kappa shape index (κ2) is 6.02. The second-order valence-corrected chi connectivity index (χ2v) is 5.47. The second-order valence-electron chi connectivity index (χ2n) is 5.47. The number of aryl methyl sites for hydroxylation is 1. The number of β-amino-alcohol motifs (C(OH)–C–C–N with tert-alkyl or cyclic N) is 1. The molecule has 3 rings (SSSR count). The largest absolute Gasteiger partial charge is 0.483 e.